The van der Waals surface area contributed by atoms with Crippen LogP contribution in [0.15, 0.2) is 12.4 Å². The monoisotopic (exact) mass is 237 g/mol. The van der Waals surface area contributed by atoms with Crippen molar-refractivity contribution in [1.82, 2.24) is 15.1 Å². The van der Waals surface area contributed by atoms with Gasteiger partial charge in [-0.25, -0.2) is 0 Å². The quantitative estimate of drug-likeness (QED) is 0.751. The molecule has 3 heteroatoms. The Labute approximate surface area is 106 Å². The summed E-state index contributed by atoms with van der Waals surface area (Å²) in [6.07, 6.45) is 7.82. The van der Waals surface area contributed by atoms with Crippen molar-refractivity contribution in [2.75, 3.05) is 6.54 Å². The van der Waals surface area contributed by atoms with Gasteiger partial charge in [0.2, 0.25) is 0 Å². The van der Waals surface area contributed by atoms with Crippen molar-refractivity contribution in [3.05, 3.63) is 18.0 Å². The fourth-order valence-corrected chi connectivity index (χ4v) is 1.99. The number of hydrogen-bond acceptors (Lipinski definition) is 2. The minimum atomic E-state index is 0.408. The molecule has 3 nitrogen and oxygen atoms in total. The van der Waals surface area contributed by atoms with Gasteiger partial charge in [-0.05, 0) is 25.8 Å². The lowest BCUT2D eigenvalue weighted by atomic mass is 10.0. The second-order valence-corrected chi connectivity index (χ2v) is 4.85. The van der Waals surface area contributed by atoms with E-state index in [0.717, 1.165) is 19.0 Å². The Morgan fingerprint density at radius 3 is 2.59 bits per heavy atom. The summed E-state index contributed by atoms with van der Waals surface area (Å²) in [5.74, 6) is 0.752. The fourth-order valence-electron chi connectivity index (χ4n) is 1.99. The summed E-state index contributed by atoms with van der Waals surface area (Å²) in [6.45, 7) is 11.0. The van der Waals surface area contributed by atoms with Crippen LogP contribution in [0.1, 0.15) is 58.6 Å². The number of nitrogens with one attached hydrogen (secondary N) is 1. The molecule has 0 amide bonds. The molecule has 98 valence electrons. The first-order valence-corrected chi connectivity index (χ1v) is 6.96. The second-order valence-electron chi connectivity index (χ2n) is 4.85. The molecule has 0 radical (unpaired) electrons. The fraction of sp³-hybridized carbons (Fsp3) is 0.786. The molecular formula is C14H27N3. The van der Waals surface area contributed by atoms with Crippen LogP contribution < -0.4 is 5.32 Å². The molecule has 1 N–H and O–H groups in total. The Kier molecular flexibility index (Phi) is 6.27. The van der Waals surface area contributed by atoms with E-state index < -0.39 is 0 Å². The van der Waals surface area contributed by atoms with Gasteiger partial charge in [0.05, 0.1) is 6.20 Å². The van der Waals surface area contributed by atoms with Gasteiger partial charge in [-0.1, -0.05) is 33.6 Å². The van der Waals surface area contributed by atoms with Crippen LogP contribution in [0.3, 0.4) is 0 Å². The third-order valence-corrected chi connectivity index (χ3v) is 3.45. The highest BCUT2D eigenvalue weighted by atomic mass is 15.3. The number of nitrogens with zero attached hydrogens (tertiary/aromatic N) is 2. The summed E-state index contributed by atoms with van der Waals surface area (Å²) < 4.78 is 2.09. The van der Waals surface area contributed by atoms with Gasteiger partial charge in [0, 0.05) is 24.3 Å². The molecule has 0 saturated carbocycles. The van der Waals surface area contributed by atoms with Gasteiger partial charge in [0.25, 0.3) is 0 Å². The summed E-state index contributed by atoms with van der Waals surface area (Å²) in [7, 11) is 0. The van der Waals surface area contributed by atoms with Gasteiger partial charge in [-0.15, -0.1) is 0 Å². The summed E-state index contributed by atoms with van der Waals surface area (Å²) >= 11 is 0. The molecule has 1 aromatic rings. The smallest absolute Gasteiger partial charge is 0.0537 e. The van der Waals surface area contributed by atoms with Crippen LogP contribution in [0.5, 0.6) is 0 Å². The molecule has 1 rings (SSSR count). The normalized spacial score (nSPS) is 13.2. The van der Waals surface area contributed by atoms with Crippen LogP contribution in [0, 0.1) is 5.92 Å². The van der Waals surface area contributed by atoms with Crippen molar-refractivity contribution in [1.29, 1.82) is 0 Å². The molecule has 0 spiro atoms. The maximum Gasteiger partial charge on any atom is 0.0537 e. The summed E-state index contributed by atoms with van der Waals surface area (Å²) in [6, 6.07) is 0.408. The van der Waals surface area contributed by atoms with Crippen LogP contribution in [-0.4, -0.2) is 16.3 Å². The van der Waals surface area contributed by atoms with Gasteiger partial charge < -0.3 is 5.32 Å². The van der Waals surface area contributed by atoms with E-state index in [9.17, 15) is 0 Å². The average Bonchev–Trinajstić information content (AvgIpc) is 2.81. The Morgan fingerprint density at radius 1 is 1.29 bits per heavy atom. The summed E-state index contributed by atoms with van der Waals surface area (Å²) in [5, 5.41) is 7.95. The zero-order chi connectivity index (χ0) is 12.7. The summed E-state index contributed by atoms with van der Waals surface area (Å²) in [5.41, 5.74) is 1.30. The van der Waals surface area contributed by atoms with Crippen LogP contribution >= 0.6 is 0 Å². The van der Waals surface area contributed by atoms with Crippen molar-refractivity contribution in [3.8, 4) is 0 Å². The van der Waals surface area contributed by atoms with Crippen molar-refractivity contribution in [2.24, 2.45) is 5.92 Å². The lowest BCUT2D eigenvalue weighted by Gasteiger charge is -2.12. The lowest BCUT2D eigenvalue weighted by molar-refractivity contribution is 0.395. The van der Waals surface area contributed by atoms with Gasteiger partial charge in [0.1, 0.15) is 0 Å². The Bertz CT molecular complexity index is 302. The van der Waals surface area contributed by atoms with Gasteiger partial charge >= 0.3 is 0 Å². The standard InChI is InChI=1S/C14H27N3/c1-5-8-15-12(4)14-9-16-17(11-14)10-13(6-2)7-3/h9,11-13,15H,5-8,10H2,1-4H3. The van der Waals surface area contributed by atoms with Crippen molar-refractivity contribution in [3.63, 3.8) is 0 Å². The predicted octanol–water partition coefficient (Wildman–Crippen LogP) is 3.38. The molecule has 0 saturated heterocycles. The molecular weight excluding hydrogens is 210 g/mol. The van der Waals surface area contributed by atoms with Crippen LogP contribution in [0.25, 0.3) is 0 Å². The lowest BCUT2D eigenvalue weighted by Crippen LogP contribution is -2.18. The van der Waals surface area contributed by atoms with E-state index in [0.29, 0.717) is 6.04 Å². The first-order valence-electron chi connectivity index (χ1n) is 6.96. The van der Waals surface area contributed by atoms with E-state index in [-0.39, 0.29) is 0 Å². The molecule has 0 aliphatic heterocycles. The zero-order valence-electron chi connectivity index (χ0n) is 11.7. The molecule has 0 bridgehead atoms. The molecule has 1 unspecified atom stereocenters. The highest BCUT2D eigenvalue weighted by Crippen LogP contribution is 2.14. The first-order chi connectivity index (χ1) is 8.21. The van der Waals surface area contributed by atoms with E-state index in [1.54, 1.807) is 0 Å². The van der Waals surface area contributed by atoms with Crippen molar-refractivity contribution in [2.45, 2.75) is 59.5 Å². The number of aromatic nitrogens is 2. The minimum absolute atomic E-state index is 0.408. The van der Waals surface area contributed by atoms with Crippen molar-refractivity contribution >= 4 is 0 Å². The van der Waals surface area contributed by atoms with E-state index in [2.05, 4.69) is 49.0 Å². The Morgan fingerprint density at radius 2 is 2.00 bits per heavy atom. The largest absolute Gasteiger partial charge is 0.310 e. The van der Waals surface area contributed by atoms with E-state index >= 15 is 0 Å². The third-order valence-electron chi connectivity index (χ3n) is 3.45. The number of hydrogen-bond donors (Lipinski definition) is 1. The van der Waals surface area contributed by atoms with Crippen LogP contribution in [0.2, 0.25) is 0 Å². The molecule has 0 fully saturated rings. The average molecular weight is 237 g/mol. The minimum Gasteiger partial charge on any atom is -0.310 e. The van der Waals surface area contributed by atoms with Crippen LogP contribution in [-0.2, 0) is 6.54 Å². The highest BCUT2D eigenvalue weighted by Gasteiger charge is 2.09. The van der Waals surface area contributed by atoms with E-state index in [1.807, 2.05) is 6.20 Å². The van der Waals surface area contributed by atoms with Gasteiger partial charge in [-0.2, -0.15) is 5.10 Å². The topological polar surface area (TPSA) is 29.9 Å². The van der Waals surface area contributed by atoms with Crippen molar-refractivity contribution < 1.29 is 0 Å². The maximum absolute atomic E-state index is 4.46. The van der Waals surface area contributed by atoms with E-state index in [4.69, 9.17) is 0 Å². The molecule has 1 aromatic heterocycles. The zero-order valence-corrected chi connectivity index (χ0v) is 11.7. The third kappa shape index (κ3) is 4.50. The summed E-state index contributed by atoms with van der Waals surface area (Å²) in [4.78, 5) is 0. The second kappa shape index (κ2) is 7.49. The van der Waals surface area contributed by atoms with E-state index in [1.165, 1.54) is 24.8 Å². The first kappa shape index (κ1) is 14.2. The van der Waals surface area contributed by atoms with Gasteiger partial charge in [-0.3, -0.25) is 4.68 Å². The van der Waals surface area contributed by atoms with Crippen LogP contribution in [0.4, 0.5) is 0 Å². The maximum atomic E-state index is 4.46. The van der Waals surface area contributed by atoms with Gasteiger partial charge in [0.15, 0.2) is 0 Å². The SMILES string of the molecule is CCCNC(C)c1cnn(CC(CC)CC)c1. The predicted molar refractivity (Wildman–Crippen MR) is 73.0 cm³/mol. The molecule has 17 heavy (non-hydrogen) atoms. The molecule has 1 atom stereocenters. The highest BCUT2D eigenvalue weighted by molar-refractivity contribution is 5.09. The Balaban J connectivity index is 2.52. The number of rotatable bonds is 8. The molecule has 0 aromatic carbocycles. The molecule has 0 aliphatic carbocycles. The molecule has 1 heterocycles. The molecule has 0 aliphatic rings. The Hall–Kier alpha value is -0.830.